The number of thiocarbonyl (C=S) groups is 1. The molecular weight excluding hydrogens is 334 g/mol. The topological polar surface area (TPSA) is 18.8 Å². The zero-order valence-corrected chi connectivity index (χ0v) is 14.4. The Bertz CT molecular complexity index is 516. The minimum atomic E-state index is 0.823. The first-order valence-electron chi connectivity index (χ1n) is 6.98. The summed E-state index contributed by atoms with van der Waals surface area (Å²) in [6, 6.07) is 8.26. The highest BCUT2D eigenvalue weighted by Crippen LogP contribution is 2.18. The van der Waals surface area contributed by atoms with Gasteiger partial charge in [-0.25, -0.2) is 5.01 Å². The van der Waals surface area contributed by atoms with Crippen molar-refractivity contribution >= 4 is 39.0 Å². The van der Waals surface area contributed by atoms with Crippen LogP contribution in [0.1, 0.15) is 31.7 Å². The molecule has 1 aromatic carbocycles. The Kier molecular flexibility index (Phi) is 5.54. The fourth-order valence-corrected chi connectivity index (χ4v) is 2.78. The second-order valence-corrected chi connectivity index (χ2v) is 6.27. The number of halogens is 1. The number of nitrogens with zero attached hydrogens (tertiary/aromatic N) is 3. The smallest absolute Gasteiger partial charge is 0.192 e. The lowest BCUT2D eigenvalue weighted by molar-refractivity contribution is 0.386. The fraction of sp³-hybridized carbons (Fsp3) is 0.467. The Hall–Kier alpha value is -0.940. The maximum atomic E-state index is 5.51. The van der Waals surface area contributed by atoms with E-state index in [0.717, 1.165) is 41.2 Å². The second kappa shape index (κ2) is 7.18. The number of benzene rings is 1. The van der Waals surface area contributed by atoms with Gasteiger partial charge >= 0.3 is 0 Å². The Labute approximate surface area is 134 Å². The van der Waals surface area contributed by atoms with Gasteiger partial charge in [-0.3, -0.25) is 0 Å². The molecular formula is C15H20BrN3S. The van der Waals surface area contributed by atoms with E-state index in [9.17, 15) is 0 Å². The minimum Gasteiger partial charge on any atom is -0.351 e. The van der Waals surface area contributed by atoms with Gasteiger partial charge in [-0.1, -0.05) is 41.4 Å². The predicted octanol–water partition coefficient (Wildman–Crippen LogP) is 3.88. The third kappa shape index (κ3) is 3.79. The lowest BCUT2D eigenvalue weighted by Crippen LogP contribution is -2.37. The first-order valence-corrected chi connectivity index (χ1v) is 8.18. The molecule has 20 heavy (non-hydrogen) atoms. The van der Waals surface area contributed by atoms with E-state index in [-0.39, 0.29) is 0 Å². The molecule has 1 heterocycles. The average Bonchev–Trinajstić information content (AvgIpc) is 2.93. The van der Waals surface area contributed by atoms with Crippen LogP contribution in [0.5, 0.6) is 0 Å². The van der Waals surface area contributed by atoms with Crippen molar-refractivity contribution in [3.8, 4) is 0 Å². The normalized spacial score (nSPS) is 14.3. The SMILES string of the molecule is CCCCN(C)C(=S)N1CCC(c2cccc(Br)c2)=N1. The summed E-state index contributed by atoms with van der Waals surface area (Å²) in [6.45, 7) is 4.06. The second-order valence-electron chi connectivity index (χ2n) is 4.99. The van der Waals surface area contributed by atoms with Crippen LogP contribution in [-0.2, 0) is 0 Å². The van der Waals surface area contributed by atoms with Gasteiger partial charge in [0, 0.05) is 31.0 Å². The van der Waals surface area contributed by atoms with Crippen LogP contribution < -0.4 is 0 Å². The van der Waals surface area contributed by atoms with E-state index in [1.165, 1.54) is 12.0 Å². The summed E-state index contributed by atoms with van der Waals surface area (Å²) >= 11 is 9.02. The number of hydrazone groups is 1. The molecule has 108 valence electrons. The molecule has 0 saturated heterocycles. The molecule has 2 rings (SSSR count). The standard InChI is InChI=1S/C15H20BrN3S/c1-3-4-9-18(2)15(20)19-10-8-14(17-19)12-6-5-7-13(16)11-12/h5-7,11H,3-4,8-10H2,1-2H3. The largest absolute Gasteiger partial charge is 0.351 e. The summed E-state index contributed by atoms with van der Waals surface area (Å²) in [5, 5.41) is 7.44. The van der Waals surface area contributed by atoms with Crippen molar-refractivity contribution in [2.75, 3.05) is 20.1 Å². The van der Waals surface area contributed by atoms with Crippen molar-refractivity contribution in [3.63, 3.8) is 0 Å². The van der Waals surface area contributed by atoms with Gasteiger partial charge < -0.3 is 4.90 Å². The molecule has 0 unspecified atom stereocenters. The van der Waals surface area contributed by atoms with Crippen LogP contribution in [0.4, 0.5) is 0 Å². The first-order chi connectivity index (χ1) is 9.61. The molecule has 0 aromatic heterocycles. The van der Waals surface area contributed by atoms with Gasteiger partial charge in [0.05, 0.1) is 5.71 Å². The third-order valence-electron chi connectivity index (χ3n) is 3.35. The van der Waals surface area contributed by atoms with Crippen LogP contribution >= 0.6 is 28.1 Å². The molecule has 0 bridgehead atoms. The van der Waals surface area contributed by atoms with Gasteiger partial charge in [0.2, 0.25) is 0 Å². The maximum absolute atomic E-state index is 5.51. The van der Waals surface area contributed by atoms with Crippen molar-refractivity contribution in [2.45, 2.75) is 26.2 Å². The Balaban J connectivity index is 2.04. The molecule has 1 aliphatic rings. The molecule has 0 fully saturated rings. The van der Waals surface area contributed by atoms with Gasteiger partial charge in [-0.05, 0) is 36.3 Å². The lowest BCUT2D eigenvalue weighted by atomic mass is 10.1. The highest BCUT2D eigenvalue weighted by Gasteiger charge is 2.21. The molecule has 5 heteroatoms. The predicted molar refractivity (Wildman–Crippen MR) is 92.1 cm³/mol. The molecule has 0 spiro atoms. The van der Waals surface area contributed by atoms with E-state index < -0.39 is 0 Å². The van der Waals surface area contributed by atoms with E-state index in [4.69, 9.17) is 12.2 Å². The summed E-state index contributed by atoms with van der Waals surface area (Å²) in [6.07, 6.45) is 3.28. The molecule has 0 radical (unpaired) electrons. The highest BCUT2D eigenvalue weighted by molar-refractivity contribution is 9.10. The van der Waals surface area contributed by atoms with Crippen LogP contribution in [0.15, 0.2) is 33.8 Å². The highest BCUT2D eigenvalue weighted by atomic mass is 79.9. The van der Waals surface area contributed by atoms with Gasteiger partial charge in [-0.2, -0.15) is 5.10 Å². The van der Waals surface area contributed by atoms with Crippen molar-refractivity contribution in [3.05, 3.63) is 34.3 Å². The van der Waals surface area contributed by atoms with Gasteiger partial charge in [0.15, 0.2) is 5.11 Å². The average molecular weight is 354 g/mol. The quantitative estimate of drug-likeness (QED) is 0.765. The fourth-order valence-electron chi connectivity index (χ4n) is 2.15. The van der Waals surface area contributed by atoms with Crippen LogP contribution in [0.25, 0.3) is 0 Å². The lowest BCUT2D eigenvalue weighted by Gasteiger charge is -2.24. The zero-order valence-electron chi connectivity index (χ0n) is 12.0. The van der Waals surface area contributed by atoms with E-state index >= 15 is 0 Å². The molecule has 0 aliphatic carbocycles. The van der Waals surface area contributed by atoms with Crippen molar-refractivity contribution < 1.29 is 0 Å². The molecule has 1 aliphatic heterocycles. The number of unbranched alkanes of at least 4 members (excludes halogenated alkanes) is 1. The van der Waals surface area contributed by atoms with Crippen LogP contribution in [-0.4, -0.2) is 40.9 Å². The zero-order chi connectivity index (χ0) is 14.5. The van der Waals surface area contributed by atoms with Crippen LogP contribution in [0, 0.1) is 0 Å². The van der Waals surface area contributed by atoms with E-state index in [1.807, 2.05) is 24.2 Å². The van der Waals surface area contributed by atoms with Gasteiger partial charge in [-0.15, -0.1) is 0 Å². The third-order valence-corrected chi connectivity index (χ3v) is 4.37. The Morgan fingerprint density at radius 3 is 3.00 bits per heavy atom. The maximum Gasteiger partial charge on any atom is 0.192 e. The van der Waals surface area contributed by atoms with Crippen molar-refractivity contribution in [1.82, 2.24) is 9.91 Å². The summed E-state index contributed by atoms with van der Waals surface area (Å²) in [7, 11) is 2.05. The van der Waals surface area contributed by atoms with Gasteiger partial charge in [0.25, 0.3) is 0 Å². The summed E-state index contributed by atoms with van der Waals surface area (Å²) in [5.41, 5.74) is 2.28. The van der Waals surface area contributed by atoms with Gasteiger partial charge in [0.1, 0.15) is 0 Å². The number of hydrogen-bond acceptors (Lipinski definition) is 2. The molecule has 0 saturated carbocycles. The number of rotatable bonds is 4. The Morgan fingerprint density at radius 1 is 1.50 bits per heavy atom. The van der Waals surface area contributed by atoms with Crippen molar-refractivity contribution in [1.29, 1.82) is 0 Å². The molecule has 0 N–H and O–H groups in total. The number of hydrogen-bond donors (Lipinski definition) is 0. The first kappa shape index (κ1) is 15.4. The van der Waals surface area contributed by atoms with Crippen LogP contribution in [0.3, 0.4) is 0 Å². The van der Waals surface area contributed by atoms with Crippen LogP contribution in [0.2, 0.25) is 0 Å². The molecule has 0 atom stereocenters. The molecule has 1 aromatic rings. The van der Waals surface area contributed by atoms with E-state index in [0.29, 0.717) is 0 Å². The van der Waals surface area contributed by atoms with E-state index in [1.54, 1.807) is 0 Å². The summed E-state index contributed by atoms with van der Waals surface area (Å²) < 4.78 is 1.08. The summed E-state index contributed by atoms with van der Waals surface area (Å²) in [5.74, 6) is 0. The van der Waals surface area contributed by atoms with Crippen molar-refractivity contribution in [2.24, 2.45) is 5.10 Å². The monoisotopic (exact) mass is 353 g/mol. The minimum absolute atomic E-state index is 0.823. The van der Waals surface area contributed by atoms with E-state index in [2.05, 4.69) is 45.0 Å². The molecule has 3 nitrogen and oxygen atoms in total. The summed E-state index contributed by atoms with van der Waals surface area (Å²) in [4.78, 5) is 2.12. The Morgan fingerprint density at radius 2 is 2.30 bits per heavy atom. The molecule has 0 amide bonds.